The number of nitrogens with one attached hydrogen (secondary N) is 2. The molecule has 9 atom stereocenters. The van der Waals surface area contributed by atoms with Gasteiger partial charge in [-0.25, -0.2) is 5.48 Å². The Kier molecular flexibility index (Phi) is 18.6. The molecule has 0 saturated heterocycles. The Morgan fingerprint density at radius 3 is 1.50 bits per heavy atom. The zero-order chi connectivity index (χ0) is 45.0. The average Bonchev–Trinajstić information content (AvgIpc) is 3.31. The molecule has 7 aliphatic carbocycles. The van der Waals surface area contributed by atoms with E-state index < -0.39 is 41.7 Å². The lowest BCUT2D eigenvalue weighted by Gasteiger charge is -2.43. The van der Waals surface area contributed by atoms with E-state index in [1.807, 2.05) is 0 Å². The number of aliphatic carboxylic acids is 2. The first-order chi connectivity index (χ1) is 31.0. The summed E-state index contributed by atoms with van der Waals surface area (Å²) in [6.07, 6.45) is 24.4. The highest BCUT2D eigenvalue weighted by Gasteiger charge is 2.46. The van der Waals surface area contributed by atoms with Crippen molar-refractivity contribution in [3.63, 3.8) is 0 Å². The van der Waals surface area contributed by atoms with Crippen LogP contribution in [0, 0.1) is 53.3 Å². The van der Waals surface area contributed by atoms with Gasteiger partial charge >= 0.3 is 23.9 Å². The lowest BCUT2D eigenvalue weighted by Crippen LogP contribution is -2.50. The van der Waals surface area contributed by atoms with Crippen LogP contribution in [0.2, 0.25) is 0 Å². The molecule has 0 aromatic rings. The number of carboxylic acids is 2. The van der Waals surface area contributed by atoms with Gasteiger partial charge in [0.25, 0.3) is 0 Å². The van der Waals surface area contributed by atoms with E-state index in [2.05, 4.69) is 10.8 Å². The number of amides is 1. The van der Waals surface area contributed by atoms with Crippen molar-refractivity contribution in [3.8, 4) is 0 Å². The zero-order valence-corrected chi connectivity index (χ0v) is 38.4. The molecule has 14 nitrogen and oxygen atoms in total. The SMILES string of the molecule is O=C(OCC1CCCCC1)C1CCC(C(=O)O)C(C(=O)NC2CCC(OC3CCCC(OC4CCC(C(NO)C5CC(C(=O)OCC6CCCCC6)CCC5C(=O)O)CC4)C3)CC2)C1. The van der Waals surface area contributed by atoms with Crippen molar-refractivity contribution < 1.29 is 58.3 Å². The summed E-state index contributed by atoms with van der Waals surface area (Å²) in [5.41, 5.74) is 2.53. The van der Waals surface area contributed by atoms with Crippen LogP contribution in [0.5, 0.6) is 0 Å². The van der Waals surface area contributed by atoms with E-state index in [-0.39, 0.29) is 72.5 Å². The minimum absolute atomic E-state index is 0.0550. The fourth-order valence-corrected chi connectivity index (χ4v) is 13.1. The van der Waals surface area contributed by atoms with E-state index >= 15 is 0 Å². The standard InChI is InChI=1S/C50H80N2O12/c53-46(44-27-35(17-25-42(44)48(56)57)50(59)62-30-32-10-5-2-6-11-32)51-36-18-22-38(23-19-36)64-40-13-7-12-39(28-40)63-37-20-14-33(15-21-37)45(52-60)43-26-34(16-24-41(43)47(54)55)49(58)61-29-31-8-3-1-4-9-31/h31-45,52,60H,1-30H2,(H,51,53)(H,54,55)(H,56,57). The van der Waals surface area contributed by atoms with Crippen molar-refractivity contribution in [2.75, 3.05) is 13.2 Å². The van der Waals surface area contributed by atoms with Crippen molar-refractivity contribution in [2.45, 2.75) is 216 Å². The molecule has 0 spiro atoms. The number of hydroxylamine groups is 1. The molecule has 9 unspecified atom stereocenters. The maximum absolute atomic E-state index is 13.6. The van der Waals surface area contributed by atoms with Crippen molar-refractivity contribution in [3.05, 3.63) is 0 Å². The number of esters is 2. The summed E-state index contributed by atoms with van der Waals surface area (Å²) in [7, 11) is 0. The van der Waals surface area contributed by atoms with Gasteiger partial charge in [0.15, 0.2) is 0 Å². The largest absolute Gasteiger partial charge is 0.481 e. The van der Waals surface area contributed by atoms with Crippen LogP contribution in [0.25, 0.3) is 0 Å². The molecule has 64 heavy (non-hydrogen) atoms. The first kappa shape index (κ1) is 49.1. The summed E-state index contributed by atoms with van der Waals surface area (Å²) in [5, 5.41) is 33.8. The predicted molar refractivity (Wildman–Crippen MR) is 236 cm³/mol. The van der Waals surface area contributed by atoms with Crippen LogP contribution in [0.15, 0.2) is 0 Å². The van der Waals surface area contributed by atoms with Crippen molar-refractivity contribution >= 4 is 29.8 Å². The molecule has 0 heterocycles. The van der Waals surface area contributed by atoms with Crippen LogP contribution in [0.4, 0.5) is 0 Å². The highest BCUT2D eigenvalue weighted by atomic mass is 16.5. The Bertz CT molecular complexity index is 1520. The molecular weight excluding hydrogens is 821 g/mol. The van der Waals surface area contributed by atoms with Crippen LogP contribution >= 0.6 is 0 Å². The van der Waals surface area contributed by atoms with E-state index in [1.54, 1.807) is 0 Å². The minimum Gasteiger partial charge on any atom is -0.481 e. The van der Waals surface area contributed by atoms with Gasteiger partial charge in [0.2, 0.25) is 5.91 Å². The van der Waals surface area contributed by atoms with Gasteiger partial charge < -0.3 is 39.7 Å². The van der Waals surface area contributed by atoms with Crippen LogP contribution < -0.4 is 10.8 Å². The number of ether oxygens (including phenoxy) is 4. The molecule has 0 aromatic heterocycles. The van der Waals surface area contributed by atoms with E-state index in [0.29, 0.717) is 57.2 Å². The molecule has 0 radical (unpaired) electrons. The number of carbonyl (C=O) groups is 5. The van der Waals surface area contributed by atoms with Crippen molar-refractivity contribution in [2.24, 2.45) is 53.3 Å². The summed E-state index contributed by atoms with van der Waals surface area (Å²) in [6.45, 7) is 0.871. The number of hydrogen-bond donors (Lipinski definition) is 5. The van der Waals surface area contributed by atoms with Crippen LogP contribution in [-0.2, 0) is 42.9 Å². The summed E-state index contributed by atoms with van der Waals surface area (Å²) < 4.78 is 24.9. The van der Waals surface area contributed by atoms with Crippen molar-refractivity contribution in [1.82, 2.24) is 10.8 Å². The van der Waals surface area contributed by atoms with Gasteiger partial charge in [-0.15, -0.1) is 0 Å². The fourth-order valence-electron chi connectivity index (χ4n) is 13.1. The normalized spacial score (nSPS) is 36.3. The molecule has 0 aliphatic heterocycles. The van der Waals surface area contributed by atoms with E-state index in [4.69, 9.17) is 18.9 Å². The maximum Gasteiger partial charge on any atom is 0.308 e. The molecule has 7 rings (SSSR count). The highest BCUT2D eigenvalue weighted by Crippen LogP contribution is 2.43. The van der Waals surface area contributed by atoms with E-state index in [0.717, 1.165) is 103 Å². The number of carboxylic acid groups (broad SMARTS) is 2. The first-order valence-electron chi connectivity index (χ1n) is 25.8. The smallest absolute Gasteiger partial charge is 0.308 e. The zero-order valence-electron chi connectivity index (χ0n) is 38.4. The third-order valence-corrected chi connectivity index (χ3v) is 17.0. The molecule has 7 saturated carbocycles. The van der Waals surface area contributed by atoms with Gasteiger partial charge in [-0.2, -0.15) is 0 Å². The molecule has 7 fully saturated rings. The van der Waals surface area contributed by atoms with E-state index in [1.165, 1.54) is 38.5 Å². The minimum atomic E-state index is -0.981. The Morgan fingerprint density at radius 1 is 0.484 bits per heavy atom. The van der Waals surface area contributed by atoms with Crippen LogP contribution in [0.1, 0.15) is 180 Å². The Balaban J connectivity index is 0.814. The average molecular weight is 901 g/mol. The number of carbonyl (C=O) groups excluding carboxylic acids is 3. The van der Waals surface area contributed by atoms with Crippen LogP contribution in [-0.4, -0.2) is 94.9 Å². The topological polar surface area (TPSA) is 207 Å². The molecule has 0 bridgehead atoms. The third-order valence-electron chi connectivity index (χ3n) is 17.0. The molecular formula is C50H80N2O12. The predicted octanol–water partition coefficient (Wildman–Crippen LogP) is 8.15. The van der Waals surface area contributed by atoms with Crippen molar-refractivity contribution in [1.29, 1.82) is 0 Å². The lowest BCUT2D eigenvalue weighted by atomic mass is 9.66. The monoisotopic (exact) mass is 901 g/mol. The van der Waals surface area contributed by atoms with Gasteiger partial charge in [-0.3, -0.25) is 24.0 Å². The summed E-state index contributed by atoms with van der Waals surface area (Å²) >= 11 is 0. The lowest BCUT2D eigenvalue weighted by molar-refractivity contribution is -0.158. The van der Waals surface area contributed by atoms with Gasteiger partial charge in [0, 0.05) is 12.1 Å². The molecule has 7 aliphatic rings. The highest BCUT2D eigenvalue weighted by molar-refractivity contribution is 5.86. The molecule has 1 amide bonds. The fraction of sp³-hybridized carbons (Fsp3) is 0.900. The van der Waals surface area contributed by atoms with Gasteiger partial charge in [-0.05, 0) is 165 Å². The second kappa shape index (κ2) is 24.3. The maximum atomic E-state index is 13.6. The Hall–Kier alpha value is -2.81. The number of hydrogen-bond acceptors (Lipinski definition) is 11. The molecule has 14 heteroatoms. The quantitative estimate of drug-likeness (QED) is 0.0691. The second-order valence-corrected chi connectivity index (χ2v) is 21.3. The molecule has 0 aromatic carbocycles. The summed E-state index contributed by atoms with van der Waals surface area (Å²) in [5.74, 6) is -5.06. The Morgan fingerprint density at radius 2 is 0.984 bits per heavy atom. The molecule has 362 valence electrons. The molecule has 5 N–H and O–H groups in total. The van der Waals surface area contributed by atoms with E-state index in [9.17, 15) is 39.4 Å². The number of rotatable bonds is 17. The van der Waals surface area contributed by atoms with Gasteiger partial charge in [0.05, 0.1) is 67.2 Å². The summed E-state index contributed by atoms with van der Waals surface area (Å²) in [6, 6.07) is -0.472. The van der Waals surface area contributed by atoms with Gasteiger partial charge in [0.1, 0.15) is 0 Å². The van der Waals surface area contributed by atoms with Crippen LogP contribution in [0.3, 0.4) is 0 Å². The Labute approximate surface area is 380 Å². The summed E-state index contributed by atoms with van der Waals surface area (Å²) in [4.78, 5) is 64.4. The third kappa shape index (κ3) is 13.6. The second-order valence-electron chi connectivity index (χ2n) is 21.3. The first-order valence-corrected chi connectivity index (χ1v) is 25.8. The van der Waals surface area contributed by atoms with Gasteiger partial charge in [-0.1, -0.05) is 38.5 Å².